The summed E-state index contributed by atoms with van der Waals surface area (Å²) in [7, 11) is 0. The molecular formula is C18H26N2O2. The van der Waals surface area contributed by atoms with Gasteiger partial charge < -0.3 is 15.0 Å². The highest BCUT2D eigenvalue weighted by atomic mass is 16.6. The molecule has 0 aromatic heterocycles. The lowest BCUT2D eigenvalue weighted by molar-refractivity contribution is 0.0801. The molecule has 1 aromatic carbocycles. The highest BCUT2D eigenvalue weighted by Crippen LogP contribution is 2.27. The van der Waals surface area contributed by atoms with E-state index in [0.29, 0.717) is 6.61 Å². The van der Waals surface area contributed by atoms with Crippen molar-refractivity contribution < 1.29 is 9.53 Å². The van der Waals surface area contributed by atoms with Crippen LogP contribution in [-0.4, -0.2) is 37.2 Å². The summed E-state index contributed by atoms with van der Waals surface area (Å²) in [4.78, 5) is 14.0. The number of carbonyl (C=O) groups is 1. The maximum atomic E-state index is 12.1. The van der Waals surface area contributed by atoms with Crippen LogP contribution in [0.25, 0.3) is 0 Å². The number of benzene rings is 1. The Bertz CT molecular complexity index is 463. The zero-order chi connectivity index (χ0) is 15.2. The molecule has 2 saturated heterocycles. The molecule has 0 bridgehead atoms. The van der Waals surface area contributed by atoms with Crippen molar-refractivity contribution in [3.63, 3.8) is 0 Å². The van der Waals surface area contributed by atoms with E-state index in [-0.39, 0.29) is 6.09 Å². The van der Waals surface area contributed by atoms with Gasteiger partial charge in [-0.1, -0.05) is 30.3 Å². The van der Waals surface area contributed by atoms with Gasteiger partial charge >= 0.3 is 6.09 Å². The largest absolute Gasteiger partial charge is 0.445 e. The number of ether oxygens (including phenoxy) is 1. The Kier molecular flexibility index (Phi) is 5.33. The van der Waals surface area contributed by atoms with Gasteiger partial charge in [0, 0.05) is 13.1 Å². The van der Waals surface area contributed by atoms with Gasteiger partial charge in [-0.05, 0) is 56.2 Å². The van der Waals surface area contributed by atoms with Crippen LogP contribution in [0.3, 0.4) is 0 Å². The van der Waals surface area contributed by atoms with Crippen molar-refractivity contribution in [2.75, 3.05) is 26.2 Å². The minimum absolute atomic E-state index is 0.162. The third-order valence-corrected chi connectivity index (χ3v) is 4.91. The molecule has 1 atom stereocenters. The minimum atomic E-state index is -0.162. The molecule has 0 saturated carbocycles. The number of piperidine rings is 1. The van der Waals surface area contributed by atoms with Crippen molar-refractivity contribution in [3.8, 4) is 0 Å². The number of rotatable bonds is 4. The standard InChI is InChI=1S/C18H26N2O2/c21-18(22-14-16-4-2-1-3-5-16)20-10-7-15(8-11-20)12-17-6-9-19-13-17/h1-5,15,17,19H,6-14H2. The van der Waals surface area contributed by atoms with Crippen LogP contribution in [0, 0.1) is 11.8 Å². The second-order valence-electron chi connectivity index (χ2n) is 6.57. The van der Waals surface area contributed by atoms with Gasteiger partial charge in [0.2, 0.25) is 0 Å². The van der Waals surface area contributed by atoms with Crippen molar-refractivity contribution in [3.05, 3.63) is 35.9 Å². The third kappa shape index (κ3) is 4.23. The van der Waals surface area contributed by atoms with E-state index >= 15 is 0 Å². The number of nitrogens with one attached hydrogen (secondary N) is 1. The molecule has 3 rings (SSSR count). The zero-order valence-electron chi connectivity index (χ0n) is 13.2. The summed E-state index contributed by atoms with van der Waals surface area (Å²) in [6.45, 7) is 4.42. The van der Waals surface area contributed by atoms with Crippen molar-refractivity contribution in [2.24, 2.45) is 11.8 Å². The van der Waals surface area contributed by atoms with Gasteiger partial charge in [-0.25, -0.2) is 4.79 Å². The Morgan fingerprint density at radius 1 is 1.14 bits per heavy atom. The maximum absolute atomic E-state index is 12.1. The van der Waals surface area contributed by atoms with Crippen molar-refractivity contribution >= 4 is 6.09 Å². The molecular weight excluding hydrogens is 276 g/mol. The molecule has 2 heterocycles. The predicted molar refractivity (Wildman–Crippen MR) is 86.5 cm³/mol. The molecule has 2 fully saturated rings. The molecule has 2 aliphatic heterocycles. The molecule has 2 aliphatic rings. The first kappa shape index (κ1) is 15.3. The second-order valence-corrected chi connectivity index (χ2v) is 6.57. The van der Waals surface area contributed by atoms with Gasteiger partial charge in [0.05, 0.1) is 0 Å². The number of hydrogen-bond donors (Lipinski definition) is 1. The van der Waals surface area contributed by atoms with E-state index < -0.39 is 0 Å². The smallest absolute Gasteiger partial charge is 0.410 e. The molecule has 22 heavy (non-hydrogen) atoms. The lowest BCUT2D eigenvalue weighted by Crippen LogP contribution is -2.39. The Morgan fingerprint density at radius 3 is 2.59 bits per heavy atom. The lowest BCUT2D eigenvalue weighted by Gasteiger charge is -2.32. The lowest BCUT2D eigenvalue weighted by atomic mass is 9.87. The molecule has 1 amide bonds. The minimum Gasteiger partial charge on any atom is -0.445 e. The highest BCUT2D eigenvalue weighted by Gasteiger charge is 2.26. The molecule has 120 valence electrons. The predicted octanol–water partition coefficient (Wildman–Crippen LogP) is 3.03. The van der Waals surface area contributed by atoms with Crippen LogP contribution >= 0.6 is 0 Å². The molecule has 1 aromatic rings. The van der Waals surface area contributed by atoms with Crippen LogP contribution in [0.1, 0.15) is 31.2 Å². The van der Waals surface area contributed by atoms with E-state index in [1.54, 1.807) is 0 Å². The normalized spacial score (nSPS) is 22.7. The van der Waals surface area contributed by atoms with E-state index in [1.807, 2.05) is 35.2 Å². The van der Waals surface area contributed by atoms with E-state index in [1.165, 1.54) is 25.9 Å². The number of amides is 1. The van der Waals surface area contributed by atoms with E-state index in [0.717, 1.165) is 43.3 Å². The van der Waals surface area contributed by atoms with Crippen LogP contribution in [0.5, 0.6) is 0 Å². The third-order valence-electron chi connectivity index (χ3n) is 4.91. The number of likely N-dealkylation sites (tertiary alicyclic amines) is 1. The number of hydrogen-bond acceptors (Lipinski definition) is 3. The summed E-state index contributed by atoms with van der Waals surface area (Å²) in [6.07, 6.45) is 4.72. The second kappa shape index (κ2) is 7.63. The summed E-state index contributed by atoms with van der Waals surface area (Å²) in [5.41, 5.74) is 1.04. The number of carbonyl (C=O) groups excluding carboxylic acids is 1. The van der Waals surface area contributed by atoms with Crippen LogP contribution in [-0.2, 0) is 11.3 Å². The Labute approximate surface area is 132 Å². The van der Waals surface area contributed by atoms with Crippen molar-refractivity contribution in [1.29, 1.82) is 0 Å². The van der Waals surface area contributed by atoms with Gasteiger partial charge in [-0.15, -0.1) is 0 Å². The SMILES string of the molecule is O=C(OCc1ccccc1)N1CCC(CC2CCNC2)CC1. The van der Waals surface area contributed by atoms with E-state index in [9.17, 15) is 4.79 Å². The first-order valence-corrected chi connectivity index (χ1v) is 8.47. The van der Waals surface area contributed by atoms with E-state index in [4.69, 9.17) is 4.74 Å². The highest BCUT2D eigenvalue weighted by molar-refractivity contribution is 5.67. The van der Waals surface area contributed by atoms with Crippen LogP contribution in [0.2, 0.25) is 0 Å². The Morgan fingerprint density at radius 2 is 1.91 bits per heavy atom. The topological polar surface area (TPSA) is 41.6 Å². The molecule has 0 radical (unpaired) electrons. The molecule has 4 heteroatoms. The van der Waals surface area contributed by atoms with Crippen LogP contribution < -0.4 is 5.32 Å². The fourth-order valence-electron chi connectivity index (χ4n) is 3.55. The van der Waals surface area contributed by atoms with Crippen LogP contribution in [0.15, 0.2) is 30.3 Å². The van der Waals surface area contributed by atoms with Gasteiger partial charge in [0.1, 0.15) is 6.61 Å². The Hall–Kier alpha value is -1.55. The molecule has 0 aliphatic carbocycles. The Balaban J connectivity index is 1.38. The van der Waals surface area contributed by atoms with Gasteiger partial charge in [-0.3, -0.25) is 0 Å². The summed E-state index contributed by atoms with van der Waals surface area (Å²) < 4.78 is 5.41. The fourth-order valence-corrected chi connectivity index (χ4v) is 3.55. The maximum Gasteiger partial charge on any atom is 0.410 e. The van der Waals surface area contributed by atoms with Crippen molar-refractivity contribution in [2.45, 2.75) is 32.3 Å². The first-order valence-electron chi connectivity index (χ1n) is 8.47. The first-order chi connectivity index (χ1) is 10.8. The average molecular weight is 302 g/mol. The summed E-state index contributed by atoms with van der Waals surface area (Å²) in [5.74, 6) is 1.63. The molecule has 1 N–H and O–H groups in total. The van der Waals surface area contributed by atoms with Gasteiger partial charge in [0.25, 0.3) is 0 Å². The molecule has 1 unspecified atom stereocenters. The monoisotopic (exact) mass is 302 g/mol. The summed E-state index contributed by atoms with van der Waals surface area (Å²) in [6, 6.07) is 9.86. The summed E-state index contributed by atoms with van der Waals surface area (Å²) >= 11 is 0. The van der Waals surface area contributed by atoms with Gasteiger partial charge in [-0.2, -0.15) is 0 Å². The quantitative estimate of drug-likeness (QED) is 0.929. The number of nitrogens with zero attached hydrogens (tertiary/aromatic N) is 1. The average Bonchev–Trinajstić information content (AvgIpc) is 3.07. The van der Waals surface area contributed by atoms with Crippen molar-refractivity contribution in [1.82, 2.24) is 10.2 Å². The van der Waals surface area contributed by atoms with Crippen LogP contribution in [0.4, 0.5) is 4.79 Å². The molecule has 4 nitrogen and oxygen atoms in total. The van der Waals surface area contributed by atoms with Gasteiger partial charge in [0.15, 0.2) is 0 Å². The zero-order valence-corrected chi connectivity index (χ0v) is 13.2. The van der Waals surface area contributed by atoms with E-state index in [2.05, 4.69) is 5.32 Å². The molecule has 0 spiro atoms. The summed E-state index contributed by atoms with van der Waals surface area (Å²) in [5, 5.41) is 3.44. The fraction of sp³-hybridized carbons (Fsp3) is 0.611.